The Morgan fingerprint density at radius 3 is 2.32 bits per heavy atom. The highest BCUT2D eigenvalue weighted by Gasteiger charge is 2.53. The predicted molar refractivity (Wildman–Crippen MR) is 104 cm³/mol. The van der Waals surface area contributed by atoms with Crippen LogP contribution in [0.4, 0.5) is 32.2 Å². The van der Waals surface area contributed by atoms with Crippen LogP contribution in [0.3, 0.4) is 0 Å². The van der Waals surface area contributed by atoms with Crippen LogP contribution in [0.15, 0.2) is 29.4 Å². The Hall–Kier alpha value is -2.17. The number of rotatable bonds is 1. The van der Waals surface area contributed by atoms with Crippen LogP contribution < -0.4 is 10.2 Å². The maximum absolute atomic E-state index is 13.4. The molecule has 12 heteroatoms. The van der Waals surface area contributed by atoms with Crippen LogP contribution in [0.2, 0.25) is 5.02 Å². The molecule has 3 atom stereocenters. The molecule has 0 aromatic carbocycles. The molecule has 1 saturated heterocycles. The van der Waals surface area contributed by atoms with Crippen LogP contribution in [0.1, 0.15) is 18.9 Å². The summed E-state index contributed by atoms with van der Waals surface area (Å²) in [6.45, 7) is 3.00. The molecule has 170 valence electrons. The Morgan fingerprint density at radius 2 is 1.74 bits per heavy atom. The van der Waals surface area contributed by atoms with Crippen LogP contribution in [0, 0.1) is 5.41 Å². The highest BCUT2D eigenvalue weighted by atomic mass is 35.5. The number of aliphatic imine (C=N–C) groups is 1. The highest BCUT2D eigenvalue weighted by Crippen LogP contribution is 2.46. The molecule has 1 aromatic heterocycles. The quantitative estimate of drug-likeness (QED) is 0.499. The van der Waals surface area contributed by atoms with Gasteiger partial charge >= 0.3 is 12.4 Å². The molecule has 0 amide bonds. The second kappa shape index (κ2) is 7.46. The lowest BCUT2D eigenvalue weighted by atomic mass is 9.76. The van der Waals surface area contributed by atoms with Crippen molar-refractivity contribution in [3.05, 3.63) is 35.0 Å². The first-order valence-electron chi connectivity index (χ1n) is 9.70. The summed E-state index contributed by atoms with van der Waals surface area (Å²) in [5.41, 5.74) is -2.80. The lowest BCUT2D eigenvalue weighted by Gasteiger charge is -2.38. The molecule has 5 nitrogen and oxygen atoms in total. The summed E-state index contributed by atoms with van der Waals surface area (Å²) in [5, 5.41) is 3.04. The van der Waals surface area contributed by atoms with E-state index in [0.29, 0.717) is 32.1 Å². The summed E-state index contributed by atoms with van der Waals surface area (Å²) in [7, 11) is 0. The number of aromatic nitrogens is 1. The normalized spacial score (nSPS) is 29.0. The van der Waals surface area contributed by atoms with Gasteiger partial charge in [0.2, 0.25) is 0 Å². The number of alkyl halides is 6. The van der Waals surface area contributed by atoms with Crippen molar-refractivity contribution in [3.63, 3.8) is 0 Å². The molecule has 0 radical (unpaired) electrons. The van der Waals surface area contributed by atoms with Crippen molar-refractivity contribution < 1.29 is 26.3 Å². The molecule has 0 saturated carbocycles. The molecule has 1 aliphatic carbocycles. The number of allylic oxidation sites excluding steroid dienone is 1. The van der Waals surface area contributed by atoms with Gasteiger partial charge in [-0.3, -0.25) is 0 Å². The molecular formula is C19H20ClF6N5. The Labute approximate surface area is 179 Å². The van der Waals surface area contributed by atoms with E-state index >= 15 is 0 Å². The van der Waals surface area contributed by atoms with E-state index in [9.17, 15) is 26.3 Å². The van der Waals surface area contributed by atoms with E-state index in [1.165, 1.54) is 19.1 Å². The van der Waals surface area contributed by atoms with Gasteiger partial charge in [-0.2, -0.15) is 26.3 Å². The predicted octanol–water partition coefficient (Wildman–Crippen LogP) is 4.10. The van der Waals surface area contributed by atoms with E-state index < -0.39 is 29.4 Å². The van der Waals surface area contributed by atoms with Crippen LogP contribution >= 0.6 is 11.6 Å². The Bertz CT molecular complexity index is 906. The highest BCUT2D eigenvalue weighted by molar-refractivity contribution is 6.33. The minimum Gasteiger partial charge on any atom is -0.352 e. The zero-order chi connectivity index (χ0) is 22.6. The van der Waals surface area contributed by atoms with Gasteiger partial charge in [-0.05, 0) is 19.4 Å². The van der Waals surface area contributed by atoms with Gasteiger partial charge in [0.15, 0.2) is 5.96 Å². The first-order valence-corrected chi connectivity index (χ1v) is 10.1. The van der Waals surface area contributed by atoms with Crippen molar-refractivity contribution >= 4 is 23.4 Å². The second-order valence-electron chi connectivity index (χ2n) is 8.17. The second-order valence-corrected chi connectivity index (χ2v) is 8.58. The summed E-state index contributed by atoms with van der Waals surface area (Å²) in [6, 6.07) is 0.0678. The average molecular weight is 468 g/mol. The smallest absolute Gasteiger partial charge is 0.352 e. The fourth-order valence-electron chi connectivity index (χ4n) is 4.04. The number of anilines is 1. The van der Waals surface area contributed by atoms with Crippen molar-refractivity contribution in [3.8, 4) is 0 Å². The molecule has 1 fully saturated rings. The van der Waals surface area contributed by atoms with E-state index in [1.54, 1.807) is 4.90 Å². The molecule has 0 bridgehead atoms. The molecule has 4 rings (SSSR count). The largest absolute Gasteiger partial charge is 0.417 e. The van der Waals surface area contributed by atoms with Crippen molar-refractivity contribution in [2.45, 2.75) is 37.8 Å². The van der Waals surface area contributed by atoms with Crippen molar-refractivity contribution in [1.82, 2.24) is 15.2 Å². The average Bonchev–Trinajstić information content (AvgIpc) is 3.09. The third-order valence-electron chi connectivity index (χ3n) is 5.98. The molecular weight excluding hydrogens is 448 g/mol. The van der Waals surface area contributed by atoms with Crippen LogP contribution in [-0.2, 0) is 6.18 Å². The van der Waals surface area contributed by atoms with Crippen molar-refractivity contribution in [2.75, 3.05) is 31.1 Å². The first-order chi connectivity index (χ1) is 14.4. The zero-order valence-electron chi connectivity index (χ0n) is 16.4. The lowest BCUT2D eigenvalue weighted by molar-refractivity contribution is -0.204. The maximum Gasteiger partial charge on any atom is 0.417 e. The lowest BCUT2D eigenvalue weighted by Crippen LogP contribution is -2.54. The third kappa shape index (κ3) is 4.16. The number of nitrogens with one attached hydrogen (secondary N) is 1. The SMILES string of the molecule is CC1(C(F)(F)F)C=CC2N=C(N3CCN(c4ncc(C(F)(F)F)cc4Cl)CC3)NC2C1. The number of guanidine groups is 1. The molecule has 0 spiro atoms. The van der Waals surface area contributed by atoms with Crippen molar-refractivity contribution in [1.29, 1.82) is 0 Å². The fourth-order valence-corrected chi connectivity index (χ4v) is 4.32. The summed E-state index contributed by atoms with van der Waals surface area (Å²) < 4.78 is 78.4. The molecule has 3 aliphatic rings. The van der Waals surface area contributed by atoms with Crippen LogP contribution in [0.5, 0.6) is 0 Å². The number of pyridine rings is 1. The molecule has 2 aliphatic heterocycles. The van der Waals surface area contributed by atoms with Gasteiger partial charge in [-0.1, -0.05) is 23.8 Å². The zero-order valence-corrected chi connectivity index (χ0v) is 17.2. The number of hydrogen-bond acceptors (Lipinski definition) is 5. The van der Waals surface area contributed by atoms with Gasteiger partial charge in [0.25, 0.3) is 0 Å². The topological polar surface area (TPSA) is 43.8 Å². The summed E-state index contributed by atoms with van der Waals surface area (Å²) in [4.78, 5) is 12.1. The molecule has 31 heavy (non-hydrogen) atoms. The maximum atomic E-state index is 13.4. The van der Waals surface area contributed by atoms with E-state index in [4.69, 9.17) is 11.6 Å². The molecule has 1 aromatic rings. The Kier molecular flexibility index (Phi) is 5.30. The van der Waals surface area contributed by atoms with Gasteiger partial charge in [0, 0.05) is 32.4 Å². The van der Waals surface area contributed by atoms with Crippen LogP contribution in [-0.4, -0.2) is 60.3 Å². The van der Waals surface area contributed by atoms with E-state index in [0.717, 1.165) is 12.3 Å². The molecule has 3 unspecified atom stereocenters. The van der Waals surface area contributed by atoms with Crippen molar-refractivity contribution in [2.24, 2.45) is 10.4 Å². The van der Waals surface area contributed by atoms with Gasteiger partial charge in [-0.15, -0.1) is 0 Å². The van der Waals surface area contributed by atoms with E-state index in [-0.39, 0.29) is 23.3 Å². The van der Waals surface area contributed by atoms with Gasteiger partial charge < -0.3 is 15.1 Å². The summed E-state index contributed by atoms with van der Waals surface area (Å²) in [5.74, 6) is 0.811. The number of piperazine rings is 1. The number of fused-ring (bicyclic) bond motifs is 1. The minimum absolute atomic E-state index is 0.0813. The molecule has 1 N–H and O–H groups in total. The van der Waals surface area contributed by atoms with Gasteiger partial charge in [0.05, 0.1) is 28.1 Å². The Balaban J connectivity index is 1.38. The number of nitrogens with zero attached hydrogens (tertiary/aromatic N) is 4. The third-order valence-corrected chi connectivity index (χ3v) is 6.26. The summed E-state index contributed by atoms with van der Waals surface area (Å²) in [6.07, 6.45) is -5.51. The van der Waals surface area contributed by atoms with E-state index in [1.807, 2.05) is 4.90 Å². The number of hydrogen-bond donors (Lipinski definition) is 1. The monoisotopic (exact) mass is 467 g/mol. The van der Waals surface area contributed by atoms with Gasteiger partial charge in [0.1, 0.15) is 5.82 Å². The van der Waals surface area contributed by atoms with Gasteiger partial charge in [-0.25, -0.2) is 9.98 Å². The fraction of sp³-hybridized carbons (Fsp3) is 0.579. The standard InChI is InChI=1S/C19H20ClF6N5/c1-17(19(24,25)26)3-2-13-14(9-17)29-16(28-13)31-6-4-30(5-7-31)15-12(20)8-11(10-27-15)18(21,22)23/h2-3,8,10,13-14H,4-7,9H2,1H3,(H,28,29). The molecule has 3 heterocycles. The summed E-state index contributed by atoms with van der Waals surface area (Å²) >= 11 is 6.03. The van der Waals surface area contributed by atoms with Crippen LogP contribution in [0.25, 0.3) is 0 Å². The minimum atomic E-state index is -4.52. The first kappa shape index (κ1) is 22.0. The Morgan fingerprint density at radius 1 is 1.10 bits per heavy atom. The van der Waals surface area contributed by atoms with E-state index in [2.05, 4.69) is 15.3 Å². The number of halogens is 7.